The maximum atomic E-state index is 11.0. The van der Waals surface area contributed by atoms with Crippen molar-refractivity contribution in [1.29, 1.82) is 0 Å². The molecule has 1 aliphatic rings. The highest BCUT2D eigenvalue weighted by Crippen LogP contribution is 2.40. The highest BCUT2D eigenvalue weighted by atomic mass is 16.5. The molecule has 0 bridgehead atoms. The van der Waals surface area contributed by atoms with Crippen LogP contribution >= 0.6 is 0 Å². The van der Waals surface area contributed by atoms with Crippen LogP contribution in [0.2, 0.25) is 0 Å². The highest BCUT2D eigenvalue weighted by Gasteiger charge is 2.31. The molecule has 1 atom stereocenters. The average molecular weight is 425 g/mol. The predicted molar refractivity (Wildman–Crippen MR) is 128 cm³/mol. The van der Waals surface area contributed by atoms with Gasteiger partial charge in [0.25, 0.3) is 0 Å². The van der Waals surface area contributed by atoms with Gasteiger partial charge in [0, 0.05) is 17.4 Å². The van der Waals surface area contributed by atoms with E-state index in [1.54, 1.807) is 14.2 Å². The van der Waals surface area contributed by atoms with Gasteiger partial charge in [-0.15, -0.1) is 0 Å². The third kappa shape index (κ3) is 3.52. The fraction of sp³-hybridized carbons (Fsp3) is 0.148. The number of rotatable bonds is 5. The summed E-state index contributed by atoms with van der Waals surface area (Å²) in [6, 6.07) is 27.7. The Morgan fingerprint density at radius 1 is 0.844 bits per heavy atom. The summed E-state index contributed by atoms with van der Waals surface area (Å²) in [5, 5.41) is 19.9. The largest absolute Gasteiger partial charge is 0.507 e. The van der Waals surface area contributed by atoms with Crippen LogP contribution in [0.25, 0.3) is 10.8 Å². The SMILES string of the molecule is COc1ccc(N2N=C(c3ccc4ccccc4c3O)CC2c2cccc(OC)c2)cc1. The summed E-state index contributed by atoms with van der Waals surface area (Å²) in [6.45, 7) is 0. The Balaban J connectivity index is 1.60. The minimum absolute atomic E-state index is 0.0284. The number of fused-ring (bicyclic) bond motifs is 1. The summed E-state index contributed by atoms with van der Waals surface area (Å²) in [6.07, 6.45) is 0.658. The number of benzene rings is 4. The summed E-state index contributed by atoms with van der Waals surface area (Å²) < 4.78 is 10.8. The zero-order valence-corrected chi connectivity index (χ0v) is 18.0. The molecule has 0 saturated carbocycles. The van der Waals surface area contributed by atoms with Crippen molar-refractivity contribution in [1.82, 2.24) is 0 Å². The van der Waals surface area contributed by atoms with Gasteiger partial charge >= 0.3 is 0 Å². The van der Waals surface area contributed by atoms with Gasteiger partial charge in [-0.1, -0.05) is 42.5 Å². The van der Waals surface area contributed by atoms with Crippen molar-refractivity contribution in [2.24, 2.45) is 5.10 Å². The molecule has 5 nitrogen and oxygen atoms in total. The Kier molecular flexibility index (Phi) is 5.15. The van der Waals surface area contributed by atoms with Gasteiger partial charge in [0.15, 0.2) is 0 Å². The van der Waals surface area contributed by atoms with E-state index in [0.717, 1.165) is 44.8 Å². The zero-order chi connectivity index (χ0) is 22.1. The fourth-order valence-electron chi connectivity index (χ4n) is 4.24. The lowest BCUT2D eigenvalue weighted by atomic mass is 9.95. The molecule has 0 aliphatic carbocycles. The van der Waals surface area contributed by atoms with E-state index < -0.39 is 0 Å². The van der Waals surface area contributed by atoms with Gasteiger partial charge in [0.1, 0.15) is 17.2 Å². The first-order valence-electron chi connectivity index (χ1n) is 10.5. The summed E-state index contributed by atoms with van der Waals surface area (Å²) in [5.41, 5.74) is 3.65. The number of nitrogens with zero attached hydrogens (tertiary/aromatic N) is 2. The van der Waals surface area contributed by atoms with E-state index in [4.69, 9.17) is 14.6 Å². The molecule has 0 radical (unpaired) electrons. The number of hydrogen-bond acceptors (Lipinski definition) is 5. The van der Waals surface area contributed by atoms with Crippen molar-refractivity contribution < 1.29 is 14.6 Å². The zero-order valence-electron chi connectivity index (χ0n) is 18.0. The number of ether oxygens (including phenoxy) is 2. The number of hydrogen-bond donors (Lipinski definition) is 1. The molecule has 5 heteroatoms. The lowest BCUT2D eigenvalue weighted by Gasteiger charge is -2.24. The van der Waals surface area contributed by atoms with Crippen LogP contribution in [-0.2, 0) is 0 Å². The monoisotopic (exact) mass is 424 g/mol. The molecule has 1 unspecified atom stereocenters. The van der Waals surface area contributed by atoms with Crippen molar-refractivity contribution >= 4 is 22.2 Å². The molecule has 1 N–H and O–H groups in total. The second-order valence-electron chi connectivity index (χ2n) is 7.77. The Morgan fingerprint density at radius 3 is 2.41 bits per heavy atom. The first-order chi connectivity index (χ1) is 15.7. The molecule has 32 heavy (non-hydrogen) atoms. The molecule has 5 rings (SSSR count). The molecule has 0 saturated heterocycles. The fourth-order valence-corrected chi connectivity index (χ4v) is 4.24. The Morgan fingerprint density at radius 2 is 1.62 bits per heavy atom. The second-order valence-corrected chi connectivity index (χ2v) is 7.77. The summed E-state index contributed by atoms with van der Waals surface area (Å²) in [7, 11) is 3.33. The Bertz CT molecular complexity index is 1300. The van der Waals surface area contributed by atoms with Gasteiger partial charge in [-0.25, -0.2) is 0 Å². The van der Waals surface area contributed by atoms with Crippen LogP contribution in [0.3, 0.4) is 0 Å². The van der Waals surface area contributed by atoms with E-state index in [0.29, 0.717) is 6.42 Å². The van der Waals surface area contributed by atoms with Crippen molar-refractivity contribution in [3.63, 3.8) is 0 Å². The van der Waals surface area contributed by atoms with Crippen molar-refractivity contribution in [3.8, 4) is 17.2 Å². The molecule has 4 aromatic rings. The molecule has 160 valence electrons. The van der Waals surface area contributed by atoms with Crippen LogP contribution in [0.5, 0.6) is 17.2 Å². The Hall–Kier alpha value is -3.99. The molecule has 4 aromatic carbocycles. The molecular weight excluding hydrogens is 400 g/mol. The van der Waals surface area contributed by atoms with Crippen LogP contribution < -0.4 is 14.5 Å². The van der Waals surface area contributed by atoms with Gasteiger partial charge in [-0.05, 0) is 53.4 Å². The van der Waals surface area contributed by atoms with Crippen LogP contribution in [-0.4, -0.2) is 25.0 Å². The van der Waals surface area contributed by atoms with Gasteiger partial charge in [-0.2, -0.15) is 5.10 Å². The third-order valence-electron chi connectivity index (χ3n) is 5.94. The molecule has 0 fully saturated rings. The number of methoxy groups -OCH3 is 2. The van der Waals surface area contributed by atoms with Crippen molar-refractivity contribution in [2.45, 2.75) is 12.5 Å². The first kappa shape index (κ1) is 19.9. The van der Waals surface area contributed by atoms with Crippen LogP contribution in [0.4, 0.5) is 5.69 Å². The number of hydrazone groups is 1. The lowest BCUT2D eigenvalue weighted by molar-refractivity contribution is 0.413. The molecule has 1 heterocycles. The van der Waals surface area contributed by atoms with E-state index in [1.165, 1.54) is 0 Å². The van der Waals surface area contributed by atoms with E-state index in [1.807, 2.05) is 83.9 Å². The summed E-state index contributed by atoms with van der Waals surface area (Å²) >= 11 is 0. The topological polar surface area (TPSA) is 54.3 Å². The molecule has 0 amide bonds. The van der Waals surface area contributed by atoms with Gasteiger partial charge in [0.2, 0.25) is 0 Å². The van der Waals surface area contributed by atoms with Gasteiger partial charge < -0.3 is 14.6 Å². The summed E-state index contributed by atoms with van der Waals surface area (Å²) in [4.78, 5) is 0. The molecule has 1 aliphatic heterocycles. The average Bonchev–Trinajstić information content (AvgIpc) is 3.30. The third-order valence-corrected chi connectivity index (χ3v) is 5.94. The maximum absolute atomic E-state index is 11.0. The quantitative estimate of drug-likeness (QED) is 0.432. The van der Waals surface area contributed by atoms with E-state index in [2.05, 4.69) is 6.07 Å². The minimum Gasteiger partial charge on any atom is -0.507 e. The lowest BCUT2D eigenvalue weighted by Crippen LogP contribution is -2.18. The Labute approximate surface area is 187 Å². The predicted octanol–water partition coefficient (Wildman–Crippen LogP) is 5.92. The number of phenolic OH excluding ortho intramolecular Hbond substituents is 1. The number of phenols is 1. The highest BCUT2D eigenvalue weighted by molar-refractivity contribution is 6.09. The van der Waals surface area contributed by atoms with Crippen molar-refractivity contribution in [3.05, 3.63) is 96.1 Å². The van der Waals surface area contributed by atoms with Crippen LogP contribution in [0.15, 0.2) is 90.0 Å². The molecule has 0 spiro atoms. The minimum atomic E-state index is -0.0284. The van der Waals surface area contributed by atoms with E-state index in [-0.39, 0.29) is 11.8 Å². The summed E-state index contributed by atoms with van der Waals surface area (Å²) in [5.74, 6) is 1.87. The van der Waals surface area contributed by atoms with Crippen LogP contribution in [0, 0.1) is 0 Å². The first-order valence-corrected chi connectivity index (χ1v) is 10.5. The number of anilines is 1. The van der Waals surface area contributed by atoms with Gasteiger partial charge in [0.05, 0.1) is 31.7 Å². The van der Waals surface area contributed by atoms with Gasteiger partial charge in [-0.3, -0.25) is 5.01 Å². The van der Waals surface area contributed by atoms with Crippen LogP contribution in [0.1, 0.15) is 23.6 Å². The van der Waals surface area contributed by atoms with Crippen molar-refractivity contribution in [2.75, 3.05) is 19.2 Å². The standard InChI is InChI=1S/C27H24N2O3/c1-31-21-13-11-20(12-14-21)29-26(19-7-5-8-22(16-19)32-2)17-25(28-29)24-15-10-18-6-3-4-9-23(18)27(24)30/h3-16,26,30H,17H2,1-2H3. The molecular formula is C27H24N2O3. The second kappa shape index (κ2) is 8.27. The van der Waals surface area contributed by atoms with E-state index >= 15 is 0 Å². The molecule has 0 aromatic heterocycles. The van der Waals surface area contributed by atoms with E-state index in [9.17, 15) is 5.11 Å². The maximum Gasteiger partial charge on any atom is 0.132 e. The smallest absolute Gasteiger partial charge is 0.132 e. The normalized spacial score (nSPS) is 15.6. The number of aromatic hydroxyl groups is 1.